The van der Waals surface area contributed by atoms with Crippen LogP contribution in [0.3, 0.4) is 0 Å². The second-order valence-electron chi connectivity index (χ2n) is 6.64. The summed E-state index contributed by atoms with van der Waals surface area (Å²) in [4.78, 5) is 20.7. The second kappa shape index (κ2) is 8.34. The molecule has 4 rings (SSSR count). The maximum atomic E-state index is 12.3. The number of ether oxygens (including phenoxy) is 1. The summed E-state index contributed by atoms with van der Waals surface area (Å²) in [5, 5.41) is 7.84. The van der Waals surface area contributed by atoms with Crippen LogP contribution in [0.4, 0.5) is 5.69 Å². The molecule has 7 nitrogen and oxygen atoms in total. The molecule has 0 aliphatic carbocycles. The fourth-order valence-electron chi connectivity index (χ4n) is 2.89. The Morgan fingerprint density at radius 1 is 1.00 bits per heavy atom. The van der Waals surface area contributed by atoms with Crippen LogP contribution in [0.2, 0.25) is 5.02 Å². The number of nitrogens with one attached hydrogen (secondary N) is 1. The molecule has 8 heteroatoms. The Morgan fingerprint density at radius 2 is 1.73 bits per heavy atom. The predicted molar refractivity (Wildman–Crippen MR) is 115 cm³/mol. The third-order valence-electron chi connectivity index (χ3n) is 4.30. The number of carbonyl (C=O) groups excluding carboxylic acids is 1. The normalized spacial score (nSPS) is 10.6. The van der Waals surface area contributed by atoms with Crippen LogP contribution < -0.4 is 10.1 Å². The molecule has 30 heavy (non-hydrogen) atoms. The number of hydrogen-bond acceptors (Lipinski definition) is 5. The van der Waals surface area contributed by atoms with Crippen molar-refractivity contribution >= 4 is 23.2 Å². The molecular weight excluding hydrogens is 402 g/mol. The van der Waals surface area contributed by atoms with E-state index >= 15 is 0 Å². The molecule has 0 atom stereocenters. The van der Waals surface area contributed by atoms with Crippen molar-refractivity contribution in [3.05, 3.63) is 89.0 Å². The highest BCUT2D eigenvalue weighted by Crippen LogP contribution is 2.23. The standard InChI is InChI=1S/C22H18ClN5O2/c1-14-11-15(2)28(27-14)20-12-21(25-13-24-20)30-19-9-7-18(8-10-19)26-22(29)16-3-5-17(23)6-4-16/h3-13H,1-2H3,(H,26,29). The first-order valence-corrected chi connectivity index (χ1v) is 9.56. The number of halogens is 1. The van der Waals surface area contributed by atoms with Gasteiger partial charge in [0.05, 0.1) is 5.69 Å². The van der Waals surface area contributed by atoms with Gasteiger partial charge in [-0.3, -0.25) is 4.79 Å². The number of anilines is 1. The Hall–Kier alpha value is -3.71. The van der Waals surface area contributed by atoms with Gasteiger partial charge in [-0.1, -0.05) is 11.6 Å². The Morgan fingerprint density at radius 3 is 2.40 bits per heavy atom. The molecule has 0 saturated carbocycles. The van der Waals surface area contributed by atoms with Gasteiger partial charge in [-0.2, -0.15) is 5.10 Å². The summed E-state index contributed by atoms with van der Waals surface area (Å²) in [5.41, 5.74) is 3.05. The zero-order valence-electron chi connectivity index (χ0n) is 16.3. The minimum absolute atomic E-state index is 0.217. The lowest BCUT2D eigenvalue weighted by Crippen LogP contribution is -2.11. The van der Waals surface area contributed by atoms with E-state index in [1.807, 2.05) is 19.9 Å². The lowest BCUT2D eigenvalue weighted by atomic mass is 10.2. The molecule has 1 amide bonds. The van der Waals surface area contributed by atoms with Crippen molar-refractivity contribution in [1.82, 2.24) is 19.7 Å². The maximum absolute atomic E-state index is 12.3. The topological polar surface area (TPSA) is 81.9 Å². The van der Waals surface area contributed by atoms with Gasteiger partial charge in [-0.05, 0) is 68.4 Å². The Kier molecular flexibility index (Phi) is 5.45. The van der Waals surface area contributed by atoms with Crippen LogP contribution in [0, 0.1) is 13.8 Å². The SMILES string of the molecule is Cc1cc(C)n(-c2cc(Oc3ccc(NC(=O)c4ccc(Cl)cc4)cc3)ncn2)n1. The molecule has 0 aliphatic rings. The van der Waals surface area contributed by atoms with E-state index in [1.54, 1.807) is 59.3 Å². The third kappa shape index (κ3) is 4.47. The molecule has 2 heterocycles. The minimum Gasteiger partial charge on any atom is -0.439 e. The van der Waals surface area contributed by atoms with Crippen molar-refractivity contribution in [1.29, 1.82) is 0 Å². The van der Waals surface area contributed by atoms with Gasteiger partial charge >= 0.3 is 0 Å². The van der Waals surface area contributed by atoms with Crippen molar-refractivity contribution < 1.29 is 9.53 Å². The minimum atomic E-state index is -0.217. The van der Waals surface area contributed by atoms with Crippen molar-refractivity contribution in [2.75, 3.05) is 5.32 Å². The van der Waals surface area contributed by atoms with Gasteiger partial charge in [0.2, 0.25) is 5.88 Å². The molecule has 2 aromatic heterocycles. The smallest absolute Gasteiger partial charge is 0.255 e. The molecule has 150 valence electrons. The number of aryl methyl sites for hydroxylation is 2. The van der Waals surface area contributed by atoms with E-state index in [-0.39, 0.29) is 5.91 Å². The third-order valence-corrected chi connectivity index (χ3v) is 4.55. The van der Waals surface area contributed by atoms with E-state index in [0.29, 0.717) is 33.7 Å². The molecule has 1 N–H and O–H groups in total. The zero-order chi connectivity index (χ0) is 21.1. The van der Waals surface area contributed by atoms with Crippen molar-refractivity contribution in [2.45, 2.75) is 13.8 Å². The first-order valence-electron chi connectivity index (χ1n) is 9.18. The predicted octanol–water partition coefficient (Wildman–Crippen LogP) is 4.98. The van der Waals surface area contributed by atoms with Gasteiger partial charge in [0, 0.05) is 28.0 Å². The summed E-state index contributed by atoms with van der Waals surface area (Å²) < 4.78 is 7.56. The molecule has 0 aliphatic heterocycles. The van der Waals surface area contributed by atoms with Crippen LogP contribution >= 0.6 is 11.6 Å². The molecule has 0 unspecified atom stereocenters. The van der Waals surface area contributed by atoms with Crippen molar-refractivity contribution in [2.24, 2.45) is 0 Å². The zero-order valence-corrected chi connectivity index (χ0v) is 17.1. The van der Waals surface area contributed by atoms with Gasteiger partial charge in [-0.15, -0.1) is 0 Å². The highest BCUT2D eigenvalue weighted by molar-refractivity contribution is 6.30. The molecule has 0 saturated heterocycles. The van der Waals surface area contributed by atoms with E-state index in [9.17, 15) is 4.79 Å². The van der Waals surface area contributed by atoms with Crippen LogP contribution in [0.25, 0.3) is 5.82 Å². The summed E-state index contributed by atoms with van der Waals surface area (Å²) in [7, 11) is 0. The Bertz CT molecular complexity index is 1190. The highest BCUT2D eigenvalue weighted by atomic mass is 35.5. The second-order valence-corrected chi connectivity index (χ2v) is 7.08. The van der Waals surface area contributed by atoms with Crippen molar-refractivity contribution in [3.8, 4) is 17.4 Å². The Balaban J connectivity index is 1.45. The van der Waals surface area contributed by atoms with Crippen LogP contribution in [0.15, 0.2) is 67.0 Å². The summed E-state index contributed by atoms with van der Waals surface area (Å²) >= 11 is 5.85. The molecule has 4 aromatic rings. The number of benzene rings is 2. The van der Waals surface area contributed by atoms with E-state index in [1.165, 1.54) is 6.33 Å². The molecule has 0 spiro atoms. The molecule has 0 bridgehead atoms. The Labute approximate surface area is 178 Å². The van der Waals surface area contributed by atoms with E-state index < -0.39 is 0 Å². The fourth-order valence-corrected chi connectivity index (χ4v) is 3.02. The largest absolute Gasteiger partial charge is 0.439 e. The van der Waals surface area contributed by atoms with E-state index in [2.05, 4.69) is 20.4 Å². The lowest BCUT2D eigenvalue weighted by molar-refractivity contribution is 0.102. The molecular formula is C22H18ClN5O2. The van der Waals surface area contributed by atoms with Gasteiger partial charge in [0.15, 0.2) is 5.82 Å². The summed E-state index contributed by atoms with van der Waals surface area (Å²) in [6.07, 6.45) is 1.43. The van der Waals surface area contributed by atoms with Gasteiger partial charge in [-0.25, -0.2) is 14.6 Å². The molecule has 0 fully saturated rings. The lowest BCUT2D eigenvalue weighted by Gasteiger charge is -2.09. The first kappa shape index (κ1) is 19.6. The number of rotatable bonds is 5. The van der Waals surface area contributed by atoms with Crippen molar-refractivity contribution in [3.63, 3.8) is 0 Å². The van der Waals surface area contributed by atoms with E-state index in [0.717, 1.165) is 11.4 Å². The first-order chi connectivity index (χ1) is 14.5. The van der Waals surface area contributed by atoms with Gasteiger partial charge in [0.1, 0.15) is 12.1 Å². The number of nitrogens with zero attached hydrogens (tertiary/aromatic N) is 4. The van der Waals surface area contributed by atoms with Gasteiger partial charge < -0.3 is 10.1 Å². The number of aromatic nitrogens is 4. The quantitative estimate of drug-likeness (QED) is 0.493. The number of hydrogen-bond donors (Lipinski definition) is 1. The number of amides is 1. The monoisotopic (exact) mass is 419 g/mol. The molecule has 2 aromatic carbocycles. The average molecular weight is 420 g/mol. The van der Waals surface area contributed by atoms with Gasteiger partial charge in [0.25, 0.3) is 5.91 Å². The number of carbonyl (C=O) groups is 1. The van der Waals surface area contributed by atoms with Crippen LogP contribution in [-0.4, -0.2) is 25.7 Å². The van der Waals surface area contributed by atoms with Crippen LogP contribution in [-0.2, 0) is 0 Å². The summed E-state index contributed by atoms with van der Waals surface area (Å²) in [6.45, 7) is 3.88. The van der Waals surface area contributed by atoms with E-state index in [4.69, 9.17) is 16.3 Å². The van der Waals surface area contributed by atoms with Crippen LogP contribution in [0.5, 0.6) is 11.6 Å². The average Bonchev–Trinajstić information content (AvgIpc) is 3.08. The summed E-state index contributed by atoms with van der Waals surface area (Å²) in [6, 6.07) is 17.4. The fraction of sp³-hybridized carbons (Fsp3) is 0.0909. The highest BCUT2D eigenvalue weighted by Gasteiger charge is 2.09. The maximum Gasteiger partial charge on any atom is 0.255 e. The summed E-state index contributed by atoms with van der Waals surface area (Å²) in [5.74, 6) is 1.38. The molecule has 0 radical (unpaired) electrons. The van der Waals surface area contributed by atoms with Crippen LogP contribution in [0.1, 0.15) is 21.7 Å².